The number of nitrogens with zero attached hydrogens (tertiary/aromatic N) is 2. The number of benzene rings is 1. The predicted molar refractivity (Wildman–Crippen MR) is 143 cm³/mol. The Morgan fingerprint density at radius 1 is 0.976 bits per heavy atom. The van der Waals surface area contributed by atoms with Crippen LogP contribution in [0.1, 0.15) is 29.3 Å². The number of hydrogen-bond donors (Lipinski definition) is 5. The molecule has 41 heavy (non-hydrogen) atoms. The van der Waals surface area contributed by atoms with E-state index in [-0.39, 0.29) is 26.4 Å². The van der Waals surface area contributed by atoms with Crippen molar-refractivity contribution in [3.05, 3.63) is 52.8 Å². The monoisotopic (exact) mass is 580 g/mol. The van der Waals surface area contributed by atoms with Crippen LogP contribution in [0.25, 0.3) is 0 Å². The quantitative estimate of drug-likeness (QED) is 0.179. The number of carboxylic acids is 2. The number of aliphatic hydroxyl groups is 1. The number of aliphatic carboxylic acids is 2. The largest absolute Gasteiger partial charge is 0.488 e. The molecule has 15 heteroatoms. The molecule has 1 aromatic carbocycles. The number of alkyl carbamates (subject to hydrolysis) is 2. The van der Waals surface area contributed by atoms with Crippen LogP contribution in [0, 0.1) is 13.8 Å². The number of carboxylic acid groups (broad SMARTS) is 2. The average molecular weight is 581 g/mol. The minimum atomic E-state index is -1.82. The van der Waals surface area contributed by atoms with Crippen LogP contribution in [0.4, 0.5) is 9.59 Å². The third-order valence-electron chi connectivity index (χ3n) is 5.21. The molecule has 0 aliphatic carbocycles. The maximum Gasteiger partial charge on any atom is 0.414 e. The summed E-state index contributed by atoms with van der Waals surface area (Å²) in [5, 5.41) is 31.8. The molecular formula is C26H36N4O11. The SMILES string of the molecule is CCN(CC(O)COc1c(C)ncc(COC(=O)NC)c1COC(=O)NC)Oc1ccccc1C.O=C(O)C(=O)O. The van der Waals surface area contributed by atoms with Gasteiger partial charge in [0.05, 0.1) is 12.2 Å². The van der Waals surface area contributed by atoms with Gasteiger partial charge in [-0.1, -0.05) is 18.2 Å². The number of nitrogens with one attached hydrogen (secondary N) is 2. The summed E-state index contributed by atoms with van der Waals surface area (Å²) >= 11 is 0. The fourth-order valence-electron chi connectivity index (χ4n) is 3.07. The first-order valence-corrected chi connectivity index (χ1v) is 12.3. The van der Waals surface area contributed by atoms with Crippen molar-refractivity contribution < 1.29 is 53.5 Å². The number of pyridine rings is 1. The molecule has 1 atom stereocenters. The highest BCUT2D eigenvalue weighted by Crippen LogP contribution is 2.27. The van der Waals surface area contributed by atoms with Crippen LogP contribution in [0.5, 0.6) is 11.5 Å². The molecular weight excluding hydrogens is 544 g/mol. The van der Waals surface area contributed by atoms with Crippen molar-refractivity contribution in [2.24, 2.45) is 0 Å². The minimum absolute atomic E-state index is 0.0666. The van der Waals surface area contributed by atoms with E-state index in [0.717, 1.165) is 5.56 Å². The molecule has 0 fully saturated rings. The van der Waals surface area contributed by atoms with Crippen molar-refractivity contribution in [2.45, 2.75) is 40.1 Å². The van der Waals surface area contributed by atoms with Gasteiger partial charge in [-0.05, 0) is 32.4 Å². The number of hydroxylamine groups is 2. The lowest BCUT2D eigenvalue weighted by atomic mass is 10.1. The number of aliphatic hydroxyl groups excluding tert-OH is 1. The molecule has 2 rings (SSSR count). The van der Waals surface area contributed by atoms with Crippen LogP contribution < -0.4 is 20.2 Å². The molecule has 226 valence electrons. The van der Waals surface area contributed by atoms with Crippen LogP contribution in [0.3, 0.4) is 0 Å². The Morgan fingerprint density at radius 2 is 1.56 bits per heavy atom. The van der Waals surface area contributed by atoms with E-state index in [1.54, 1.807) is 12.0 Å². The number of rotatable bonds is 12. The van der Waals surface area contributed by atoms with Crippen LogP contribution >= 0.6 is 0 Å². The molecule has 0 aliphatic heterocycles. The van der Waals surface area contributed by atoms with Crippen molar-refractivity contribution in [3.63, 3.8) is 0 Å². The second kappa shape index (κ2) is 17.9. The van der Waals surface area contributed by atoms with Gasteiger partial charge < -0.3 is 45.0 Å². The first kappa shape index (κ1) is 34.4. The Bertz CT molecular complexity index is 1160. The predicted octanol–water partition coefficient (Wildman–Crippen LogP) is 1.62. The van der Waals surface area contributed by atoms with Gasteiger partial charge in [-0.3, -0.25) is 4.98 Å². The number of para-hydroxylation sites is 1. The number of carbonyl (C=O) groups excluding carboxylic acids is 2. The molecule has 0 spiro atoms. The molecule has 1 heterocycles. The van der Waals surface area contributed by atoms with E-state index in [2.05, 4.69) is 15.6 Å². The minimum Gasteiger partial charge on any atom is -0.488 e. The summed E-state index contributed by atoms with van der Waals surface area (Å²) < 4.78 is 16.3. The maximum atomic E-state index is 11.7. The number of ether oxygens (including phenoxy) is 3. The number of carbonyl (C=O) groups is 4. The van der Waals surface area contributed by atoms with E-state index in [4.69, 9.17) is 38.9 Å². The van der Waals surface area contributed by atoms with E-state index in [1.165, 1.54) is 20.3 Å². The molecule has 1 aromatic heterocycles. The van der Waals surface area contributed by atoms with Gasteiger partial charge in [-0.2, -0.15) is 0 Å². The molecule has 5 N–H and O–H groups in total. The summed E-state index contributed by atoms with van der Waals surface area (Å²) in [6.45, 7) is 6.03. The van der Waals surface area contributed by atoms with Gasteiger partial charge in [0.1, 0.15) is 37.4 Å². The number of hydrogen-bond acceptors (Lipinski definition) is 11. The molecule has 2 amide bonds. The van der Waals surface area contributed by atoms with Gasteiger partial charge in [0, 0.05) is 38.0 Å². The van der Waals surface area contributed by atoms with Crippen molar-refractivity contribution in [2.75, 3.05) is 33.8 Å². The van der Waals surface area contributed by atoms with Crippen LogP contribution in [0.15, 0.2) is 30.5 Å². The fraction of sp³-hybridized carbons (Fsp3) is 0.423. The van der Waals surface area contributed by atoms with Gasteiger partial charge in [-0.15, -0.1) is 5.06 Å². The Hall–Kier alpha value is -4.63. The number of aryl methyl sites for hydroxylation is 2. The van der Waals surface area contributed by atoms with Crippen molar-refractivity contribution in [3.8, 4) is 11.5 Å². The van der Waals surface area contributed by atoms with Crippen LogP contribution in [-0.2, 0) is 32.3 Å². The van der Waals surface area contributed by atoms with Crippen molar-refractivity contribution in [1.82, 2.24) is 20.7 Å². The molecule has 15 nitrogen and oxygen atoms in total. The third kappa shape index (κ3) is 12.4. The maximum absolute atomic E-state index is 11.7. The van der Waals surface area contributed by atoms with E-state index in [9.17, 15) is 14.7 Å². The van der Waals surface area contributed by atoms with Crippen LogP contribution in [-0.4, -0.2) is 89.4 Å². The number of likely N-dealkylation sites (N-methyl/N-ethyl adjacent to an activating group) is 1. The van der Waals surface area contributed by atoms with Crippen LogP contribution in [0.2, 0.25) is 0 Å². The van der Waals surface area contributed by atoms with Crippen molar-refractivity contribution >= 4 is 24.1 Å². The highest BCUT2D eigenvalue weighted by atomic mass is 16.7. The van der Waals surface area contributed by atoms with Crippen molar-refractivity contribution in [1.29, 1.82) is 0 Å². The summed E-state index contributed by atoms with van der Waals surface area (Å²) in [6.07, 6.45) is -0.610. The molecule has 0 radical (unpaired) electrons. The summed E-state index contributed by atoms with van der Waals surface area (Å²) in [7, 11) is 2.89. The Labute approximate surface area is 236 Å². The van der Waals surface area contributed by atoms with E-state index in [1.807, 2.05) is 38.1 Å². The molecule has 0 aliphatic rings. The standard InChI is InChI=1S/C24H34N4O7.C2H2O4/c1-6-28(35-21-10-8-7-9-16(21)2)12-19(29)14-32-22-17(3)27-11-18(13-33-23(30)25-4)20(22)15-34-24(31)26-5;3-1(4)2(5)6/h7-11,19,29H,6,12-15H2,1-5H3,(H,25,30)(H,26,31);(H,3,4)(H,5,6). The van der Waals surface area contributed by atoms with Gasteiger partial charge in [0.25, 0.3) is 0 Å². The molecule has 2 aromatic rings. The van der Waals surface area contributed by atoms with Gasteiger partial charge in [0.2, 0.25) is 0 Å². The van der Waals surface area contributed by atoms with E-state index in [0.29, 0.717) is 34.9 Å². The second-order valence-corrected chi connectivity index (χ2v) is 8.24. The van der Waals surface area contributed by atoms with Gasteiger partial charge in [-0.25, -0.2) is 19.2 Å². The molecule has 0 bridgehead atoms. The fourth-order valence-corrected chi connectivity index (χ4v) is 3.07. The zero-order valence-corrected chi connectivity index (χ0v) is 23.5. The number of aromatic nitrogens is 1. The smallest absolute Gasteiger partial charge is 0.414 e. The summed E-state index contributed by atoms with van der Waals surface area (Å²) in [6, 6.07) is 7.62. The summed E-state index contributed by atoms with van der Waals surface area (Å²) in [5.41, 5.74) is 2.50. The van der Waals surface area contributed by atoms with E-state index >= 15 is 0 Å². The Balaban J connectivity index is 0.00000126. The molecule has 1 unspecified atom stereocenters. The normalized spacial score (nSPS) is 10.9. The van der Waals surface area contributed by atoms with Gasteiger partial charge in [0.15, 0.2) is 0 Å². The summed E-state index contributed by atoms with van der Waals surface area (Å²) in [4.78, 5) is 51.6. The Kier molecular flexibility index (Phi) is 15.0. The summed E-state index contributed by atoms with van der Waals surface area (Å²) in [5.74, 6) is -2.60. The lowest BCUT2D eigenvalue weighted by Gasteiger charge is -2.25. The second-order valence-electron chi connectivity index (χ2n) is 8.24. The highest BCUT2D eigenvalue weighted by molar-refractivity contribution is 6.27. The Morgan fingerprint density at radius 3 is 2.10 bits per heavy atom. The first-order valence-electron chi connectivity index (χ1n) is 12.3. The zero-order chi connectivity index (χ0) is 30.9. The lowest BCUT2D eigenvalue weighted by molar-refractivity contribution is -0.159. The average Bonchev–Trinajstić information content (AvgIpc) is 2.95. The van der Waals surface area contributed by atoms with Gasteiger partial charge >= 0.3 is 24.1 Å². The molecule has 0 saturated carbocycles. The first-order chi connectivity index (χ1) is 19.4. The van der Waals surface area contributed by atoms with E-state index < -0.39 is 30.2 Å². The zero-order valence-electron chi connectivity index (χ0n) is 23.5. The topological polar surface area (TPSA) is 206 Å². The lowest BCUT2D eigenvalue weighted by Crippen LogP contribution is -2.38. The number of amides is 2. The third-order valence-corrected chi connectivity index (χ3v) is 5.21. The highest BCUT2D eigenvalue weighted by Gasteiger charge is 2.20. The molecule has 0 saturated heterocycles.